The molecule has 3 atom stereocenters. The first kappa shape index (κ1) is 12.4. The number of aliphatic hydroxyl groups is 2. The first-order valence-electron chi connectivity index (χ1n) is 5.31. The van der Waals surface area contributed by atoms with E-state index < -0.39 is 12.1 Å². The molecule has 0 aromatic carbocycles. The average molecular weight is 218 g/mol. The molecular formula is C9H18N2O4. The minimum absolute atomic E-state index is 0.0888. The summed E-state index contributed by atoms with van der Waals surface area (Å²) in [6, 6.07) is -0.873. The molecule has 0 spiro atoms. The molecule has 1 rings (SSSR count). The van der Waals surface area contributed by atoms with Gasteiger partial charge < -0.3 is 15.5 Å². The first-order valence-corrected chi connectivity index (χ1v) is 5.31. The van der Waals surface area contributed by atoms with E-state index in [2.05, 4.69) is 5.32 Å². The number of hydrogen-bond acceptors (Lipinski definition) is 5. The van der Waals surface area contributed by atoms with Crippen LogP contribution in [0.3, 0.4) is 0 Å². The summed E-state index contributed by atoms with van der Waals surface area (Å²) in [5, 5.41) is 31.8. The number of nitro groups is 1. The van der Waals surface area contributed by atoms with Crippen LogP contribution in [0.4, 0.5) is 0 Å². The lowest BCUT2D eigenvalue weighted by atomic mass is 9.88. The van der Waals surface area contributed by atoms with Gasteiger partial charge in [-0.05, 0) is 25.8 Å². The summed E-state index contributed by atoms with van der Waals surface area (Å²) < 4.78 is 0. The van der Waals surface area contributed by atoms with E-state index in [1.807, 2.05) is 0 Å². The Balaban J connectivity index is 2.42. The van der Waals surface area contributed by atoms with Crippen molar-refractivity contribution in [2.24, 2.45) is 0 Å². The van der Waals surface area contributed by atoms with Crippen LogP contribution in [0.25, 0.3) is 0 Å². The second-order valence-corrected chi connectivity index (χ2v) is 3.96. The van der Waals surface area contributed by atoms with Gasteiger partial charge in [-0.2, -0.15) is 0 Å². The molecule has 0 aromatic rings. The van der Waals surface area contributed by atoms with E-state index in [0.717, 1.165) is 0 Å². The van der Waals surface area contributed by atoms with E-state index in [9.17, 15) is 15.2 Å². The fourth-order valence-electron chi connectivity index (χ4n) is 1.96. The van der Waals surface area contributed by atoms with Gasteiger partial charge in [-0.1, -0.05) is 0 Å². The van der Waals surface area contributed by atoms with Gasteiger partial charge in [-0.25, -0.2) is 0 Å². The Morgan fingerprint density at radius 2 is 2.20 bits per heavy atom. The lowest BCUT2D eigenvalue weighted by Crippen LogP contribution is -2.49. The predicted molar refractivity (Wildman–Crippen MR) is 54.1 cm³/mol. The van der Waals surface area contributed by atoms with Crippen LogP contribution < -0.4 is 5.32 Å². The van der Waals surface area contributed by atoms with Crippen LogP contribution in [0.1, 0.15) is 25.7 Å². The van der Waals surface area contributed by atoms with Gasteiger partial charge >= 0.3 is 0 Å². The van der Waals surface area contributed by atoms with Gasteiger partial charge in [0.05, 0.1) is 12.1 Å². The van der Waals surface area contributed by atoms with Gasteiger partial charge in [0.1, 0.15) is 0 Å². The van der Waals surface area contributed by atoms with E-state index in [-0.39, 0.29) is 24.0 Å². The molecule has 88 valence electrons. The van der Waals surface area contributed by atoms with Gasteiger partial charge in [-0.15, -0.1) is 0 Å². The van der Waals surface area contributed by atoms with Crippen LogP contribution in [0.5, 0.6) is 0 Å². The second-order valence-electron chi connectivity index (χ2n) is 3.96. The maximum atomic E-state index is 10.7. The Morgan fingerprint density at radius 1 is 1.47 bits per heavy atom. The molecule has 1 aliphatic rings. The summed E-state index contributed by atoms with van der Waals surface area (Å²) in [5.74, 6) is 0. The highest BCUT2D eigenvalue weighted by molar-refractivity contribution is 4.84. The van der Waals surface area contributed by atoms with E-state index in [4.69, 9.17) is 5.11 Å². The molecule has 0 amide bonds. The van der Waals surface area contributed by atoms with Gasteiger partial charge in [0.25, 0.3) is 0 Å². The van der Waals surface area contributed by atoms with Crippen LogP contribution >= 0.6 is 0 Å². The summed E-state index contributed by atoms with van der Waals surface area (Å²) in [7, 11) is 0. The Bertz CT molecular complexity index is 212. The quantitative estimate of drug-likeness (QED) is 0.329. The molecule has 0 aliphatic heterocycles. The summed E-state index contributed by atoms with van der Waals surface area (Å²) in [4.78, 5) is 10.4. The lowest BCUT2D eigenvalue weighted by Gasteiger charge is -2.29. The fourth-order valence-corrected chi connectivity index (χ4v) is 1.96. The van der Waals surface area contributed by atoms with Gasteiger partial charge in [0, 0.05) is 18.0 Å². The van der Waals surface area contributed by atoms with Crippen molar-refractivity contribution in [1.82, 2.24) is 5.32 Å². The zero-order valence-electron chi connectivity index (χ0n) is 8.63. The maximum absolute atomic E-state index is 10.7. The zero-order valence-corrected chi connectivity index (χ0v) is 8.63. The van der Waals surface area contributed by atoms with Crippen LogP contribution in [0.2, 0.25) is 0 Å². The number of rotatable bonds is 5. The largest absolute Gasteiger partial charge is 0.396 e. The summed E-state index contributed by atoms with van der Waals surface area (Å²) >= 11 is 0. The zero-order chi connectivity index (χ0) is 11.3. The van der Waals surface area contributed by atoms with Crippen LogP contribution in [-0.4, -0.2) is 46.5 Å². The summed E-state index contributed by atoms with van der Waals surface area (Å²) in [5.41, 5.74) is 0. The summed E-state index contributed by atoms with van der Waals surface area (Å²) in [6.07, 6.45) is 1.52. The molecule has 6 nitrogen and oxygen atoms in total. The molecule has 1 fully saturated rings. The molecule has 1 aliphatic carbocycles. The molecule has 6 heteroatoms. The average Bonchev–Trinajstić information content (AvgIpc) is 2.20. The van der Waals surface area contributed by atoms with Gasteiger partial charge in [-0.3, -0.25) is 10.1 Å². The number of nitrogens with one attached hydrogen (secondary N) is 1. The Hall–Kier alpha value is -0.720. The number of hydrogen-bond donors (Lipinski definition) is 3. The number of nitrogens with zero attached hydrogens (tertiary/aromatic N) is 1. The molecule has 1 saturated carbocycles. The van der Waals surface area contributed by atoms with Gasteiger partial charge in [0.15, 0.2) is 0 Å². The monoisotopic (exact) mass is 218 g/mol. The van der Waals surface area contributed by atoms with E-state index in [0.29, 0.717) is 25.8 Å². The van der Waals surface area contributed by atoms with Gasteiger partial charge in [0.2, 0.25) is 6.04 Å². The molecule has 15 heavy (non-hydrogen) atoms. The SMILES string of the molecule is O=[N+]([O-])C1CC(O)CCC1NCCCO. The van der Waals surface area contributed by atoms with E-state index in [1.54, 1.807) is 0 Å². The molecule has 0 bridgehead atoms. The highest BCUT2D eigenvalue weighted by atomic mass is 16.6. The smallest absolute Gasteiger partial charge is 0.230 e. The molecule has 0 radical (unpaired) electrons. The van der Waals surface area contributed by atoms with Crippen molar-refractivity contribution in [2.45, 2.75) is 43.9 Å². The van der Waals surface area contributed by atoms with Crippen LogP contribution in [0, 0.1) is 10.1 Å². The second kappa shape index (κ2) is 5.99. The Labute approximate surface area is 88.4 Å². The molecule has 3 N–H and O–H groups in total. The third-order valence-electron chi connectivity index (χ3n) is 2.80. The molecule has 0 saturated heterocycles. The topological polar surface area (TPSA) is 95.6 Å². The normalized spacial score (nSPS) is 31.5. The van der Waals surface area contributed by atoms with Crippen molar-refractivity contribution >= 4 is 0 Å². The fraction of sp³-hybridized carbons (Fsp3) is 1.00. The van der Waals surface area contributed by atoms with Crippen molar-refractivity contribution < 1.29 is 15.1 Å². The highest BCUT2D eigenvalue weighted by Crippen LogP contribution is 2.21. The van der Waals surface area contributed by atoms with Crippen LogP contribution in [-0.2, 0) is 0 Å². The summed E-state index contributed by atoms with van der Waals surface area (Å²) in [6.45, 7) is 0.674. The van der Waals surface area contributed by atoms with Crippen molar-refractivity contribution in [1.29, 1.82) is 0 Å². The first-order chi connectivity index (χ1) is 7.15. The van der Waals surface area contributed by atoms with Crippen molar-refractivity contribution in [2.75, 3.05) is 13.2 Å². The third kappa shape index (κ3) is 3.73. The molecule has 0 aromatic heterocycles. The van der Waals surface area contributed by atoms with Crippen molar-refractivity contribution in [3.63, 3.8) is 0 Å². The Kier molecular flexibility index (Phi) is 4.93. The highest BCUT2D eigenvalue weighted by Gasteiger charge is 2.37. The minimum Gasteiger partial charge on any atom is -0.396 e. The van der Waals surface area contributed by atoms with E-state index in [1.165, 1.54) is 0 Å². The number of aliphatic hydroxyl groups excluding tert-OH is 2. The lowest BCUT2D eigenvalue weighted by molar-refractivity contribution is -0.532. The van der Waals surface area contributed by atoms with Crippen molar-refractivity contribution in [3.05, 3.63) is 10.1 Å². The maximum Gasteiger partial charge on any atom is 0.230 e. The molecular weight excluding hydrogens is 200 g/mol. The van der Waals surface area contributed by atoms with Crippen molar-refractivity contribution in [3.8, 4) is 0 Å². The van der Waals surface area contributed by atoms with Crippen LogP contribution in [0.15, 0.2) is 0 Å². The molecule has 3 unspecified atom stereocenters. The predicted octanol–water partition coefficient (Wildman–Crippen LogP) is -0.483. The molecule has 0 heterocycles. The Morgan fingerprint density at radius 3 is 2.80 bits per heavy atom. The minimum atomic E-state index is -0.701. The van der Waals surface area contributed by atoms with E-state index >= 15 is 0 Å². The third-order valence-corrected chi connectivity index (χ3v) is 2.80. The standard InChI is InChI=1S/C9H18N2O4/c12-5-1-4-10-8-3-2-7(13)6-9(8)11(14)15/h7-10,12-13H,1-6H2.